The molecule has 100 valence electrons. The molecule has 1 rings (SSSR count). The van der Waals surface area contributed by atoms with E-state index >= 15 is 0 Å². The molecule has 1 atom stereocenters. The topological polar surface area (TPSA) is 35.5 Å². The quantitative estimate of drug-likeness (QED) is 0.627. The molecule has 1 aromatic rings. The number of hydrogen-bond acceptors (Lipinski definition) is 3. The van der Waals surface area contributed by atoms with Crippen molar-refractivity contribution < 1.29 is 27.4 Å². The fourth-order valence-corrected chi connectivity index (χ4v) is 1.52. The summed E-state index contributed by atoms with van der Waals surface area (Å²) in [7, 11) is 1.29. The average Bonchev–Trinajstić information content (AvgIpc) is 2.24. The van der Waals surface area contributed by atoms with Crippen LogP contribution in [0.25, 0.3) is 0 Å². The number of carbonyl (C=O) groups is 1. The van der Waals surface area contributed by atoms with Crippen LogP contribution in [-0.2, 0) is 0 Å². The molecule has 3 nitrogen and oxygen atoms in total. The SMILES string of the molecule is COc1cc(OC(F)(F)F)cc(C(=O)C(C)Br)c1. The Labute approximate surface area is 110 Å². The molecule has 0 N–H and O–H groups in total. The summed E-state index contributed by atoms with van der Waals surface area (Å²) < 4.78 is 44.9. The molecule has 0 saturated heterocycles. The van der Waals surface area contributed by atoms with E-state index in [1.165, 1.54) is 13.2 Å². The Hall–Kier alpha value is -1.24. The molecule has 0 fully saturated rings. The van der Waals surface area contributed by atoms with Gasteiger partial charge in [0.1, 0.15) is 11.5 Å². The fourth-order valence-electron chi connectivity index (χ4n) is 1.25. The first-order valence-corrected chi connectivity index (χ1v) is 5.77. The van der Waals surface area contributed by atoms with Gasteiger partial charge in [0.15, 0.2) is 5.78 Å². The highest BCUT2D eigenvalue weighted by atomic mass is 79.9. The minimum atomic E-state index is -4.81. The summed E-state index contributed by atoms with van der Waals surface area (Å²) in [6, 6.07) is 3.43. The number of ether oxygens (including phenoxy) is 2. The number of Topliss-reactive ketones (excluding diaryl/α,β-unsaturated/α-hetero) is 1. The molecule has 0 aliphatic carbocycles. The third-order valence-corrected chi connectivity index (χ3v) is 2.41. The van der Waals surface area contributed by atoms with E-state index in [1.54, 1.807) is 6.92 Å². The van der Waals surface area contributed by atoms with Crippen LogP contribution < -0.4 is 9.47 Å². The minimum absolute atomic E-state index is 0.0815. The Morgan fingerprint density at radius 1 is 1.28 bits per heavy atom. The van der Waals surface area contributed by atoms with Crippen LogP contribution in [-0.4, -0.2) is 24.1 Å². The van der Waals surface area contributed by atoms with Crippen molar-refractivity contribution in [1.82, 2.24) is 0 Å². The third-order valence-electron chi connectivity index (χ3n) is 2.00. The van der Waals surface area contributed by atoms with Gasteiger partial charge in [0.05, 0.1) is 11.9 Å². The van der Waals surface area contributed by atoms with Crippen molar-refractivity contribution in [3.63, 3.8) is 0 Å². The van der Waals surface area contributed by atoms with Gasteiger partial charge in [0.2, 0.25) is 0 Å². The third kappa shape index (κ3) is 4.21. The number of hydrogen-bond donors (Lipinski definition) is 0. The smallest absolute Gasteiger partial charge is 0.497 e. The van der Waals surface area contributed by atoms with Crippen molar-refractivity contribution in [3.05, 3.63) is 23.8 Å². The largest absolute Gasteiger partial charge is 0.573 e. The highest BCUT2D eigenvalue weighted by Crippen LogP contribution is 2.29. The maximum Gasteiger partial charge on any atom is 0.573 e. The van der Waals surface area contributed by atoms with Gasteiger partial charge < -0.3 is 9.47 Å². The first-order chi connectivity index (χ1) is 8.23. The van der Waals surface area contributed by atoms with Crippen molar-refractivity contribution in [3.8, 4) is 11.5 Å². The highest BCUT2D eigenvalue weighted by Gasteiger charge is 2.31. The number of carbonyl (C=O) groups excluding carboxylic acids is 1. The molecule has 1 aromatic carbocycles. The second kappa shape index (κ2) is 5.60. The molecule has 7 heteroatoms. The van der Waals surface area contributed by atoms with E-state index in [0.29, 0.717) is 0 Å². The van der Waals surface area contributed by atoms with Gasteiger partial charge in [0.25, 0.3) is 0 Å². The Morgan fingerprint density at radius 3 is 2.28 bits per heavy atom. The molecule has 18 heavy (non-hydrogen) atoms. The monoisotopic (exact) mass is 326 g/mol. The maximum atomic E-state index is 12.1. The predicted molar refractivity (Wildman–Crippen MR) is 62.4 cm³/mol. The molecule has 0 saturated carbocycles. The highest BCUT2D eigenvalue weighted by molar-refractivity contribution is 9.10. The van der Waals surface area contributed by atoms with E-state index in [-0.39, 0.29) is 17.1 Å². The zero-order chi connectivity index (χ0) is 13.9. The molecule has 0 aliphatic heterocycles. The van der Waals surface area contributed by atoms with Gasteiger partial charge in [-0.05, 0) is 19.1 Å². The van der Waals surface area contributed by atoms with Crippen molar-refractivity contribution in [2.45, 2.75) is 18.1 Å². The van der Waals surface area contributed by atoms with E-state index < -0.39 is 16.9 Å². The standard InChI is InChI=1S/C11H10BrF3O3/c1-6(12)10(16)7-3-8(17-2)5-9(4-7)18-11(13,14)15/h3-6H,1-2H3. The first kappa shape index (κ1) is 14.8. The summed E-state index contributed by atoms with van der Waals surface area (Å²) >= 11 is 3.06. The van der Waals surface area contributed by atoms with E-state index in [1.807, 2.05) is 0 Å². The molecule has 1 unspecified atom stereocenters. The zero-order valence-corrected chi connectivity index (χ0v) is 11.1. The normalized spacial score (nSPS) is 13.0. The Morgan fingerprint density at radius 2 is 1.83 bits per heavy atom. The lowest BCUT2D eigenvalue weighted by atomic mass is 10.1. The van der Waals surface area contributed by atoms with Gasteiger partial charge in [-0.3, -0.25) is 4.79 Å². The predicted octanol–water partition coefficient (Wildman–Crippen LogP) is 3.56. The van der Waals surface area contributed by atoms with Crippen LogP contribution in [0.5, 0.6) is 11.5 Å². The van der Waals surface area contributed by atoms with Crippen molar-refractivity contribution in [2.24, 2.45) is 0 Å². The molecule has 0 aliphatic rings. The van der Waals surface area contributed by atoms with Crippen molar-refractivity contribution in [2.75, 3.05) is 7.11 Å². The van der Waals surface area contributed by atoms with Crippen molar-refractivity contribution in [1.29, 1.82) is 0 Å². The molecule has 0 amide bonds. The molecule has 0 spiro atoms. The van der Waals surface area contributed by atoms with Gasteiger partial charge in [-0.25, -0.2) is 0 Å². The summed E-state index contributed by atoms with van der Waals surface area (Å²) in [5, 5.41) is 0. The average molecular weight is 327 g/mol. The summed E-state index contributed by atoms with van der Waals surface area (Å²) in [6.45, 7) is 1.58. The number of alkyl halides is 4. The molecule has 0 heterocycles. The lowest BCUT2D eigenvalue weighted by Crippen LogP contribution is -2.18. The first-order valence-electron chi connectivity index (χ1n) is 4.86. The number of rotatable bonds is 4. The maximum absolute atomic E-state index is 12.1. The fraction of sp³-hybridized carbons (Fsp3) is 0.364. The van der Waals surface area contributed by atoms with Crippen molar-refractivity contribution >= 4 is 21.7 Å². The molecular weight excluding hydrogens is 317 g/mol. The van der Waals surface area contributed by atoms with E-state index in [0.717, 1.165) is 12.1 Å². The Bertz CT molecular complexity index is 444. The zero-order valence-electron chi connectivity index (χ0n) is 9.55. The summed E-state index contributed by atoms with van der Waals surface area (Å²) in [5.74, 6) is -0.729. The number of benzene rings is 1. The van der Waals surface area contributed by atoms with Crippen LogP contribution in [0.1, 0.15) is 17.3 Å². The lowest BCUT2D eigenvalue weighted by molar-refractivity contribution is -0.274. The van der Waals surface area contributed by atoms with Crippen LogP contribution in [0.3, 0.4) is 0 Å². The van der Waals surface area contributed by atoms with E-state index in [9.17, 15) is 18.0 Å². The minimum Gasteiger partial charge on any atom is -0.497 e. The van der Waals surface area contributed by atoms with Crippen LogP contribution in [0.15, 0.2) is 18.2 Å². The van der Waals surface area contributed by atoms with Crippen LogP contribution in [0, 0.1) is 0 Å². The van der Waals surface area contributed by atoms with Gasteiger partial charge in [-0.15, -0.1) is 13.2 Å². The second-order valence-electron chi connectivity index (χ2n) is 3.43. The van der Waals surface area contributed by atoms with Gasteiger partial charge in [-0.1, -0.05) is 15.9 Å². The molecule has 0 aromatic heterocycles. The lowest BCUT2D eigenvalue weighted by Gasteiger charge is -2.12. The van der Waals surface area contributed by atoms with Gasteiger partial charge >= 0.3 is 6.36 Å². The molecule has 0 radical (unpaired) electrons. The number of methoxy groups -OCH3 is 1. The van der Waals surface area contributed by atoms with Crippen LogP contribution >= 0.6 is 15.9 Å². The summed E-state index contributed by atoms with van der Waals surface area (Å²) in [6.07, 6.45) is -4.81. The second-order valence-corrected chi connectivity index (χ2v) is 4.80. The van der Waals surface area contributed by atoms with E-state index in [2.05, 4.69) is 20.7 Å². The Kier molecular flexibility index (Phi) is 4.61. The van der Waals surface area contributed by atoms with Gasteiger partial charge in [-0.2, -0.15) is 0 Å². The number of ketones is 1. The molecular formula is C11H10BrF3O3. The van der Waals surface area contributed by atoms with Gasteiger partial charge in [0, 0.05) is 11.6 Å². The van der Waals surface area contributed by atoms with Crippen LogP contribution in [0.4, 0.5) is 13.2 Å². The van der Waals surface area contributed by atoms with E-state index in [4.69, 9.17) is 4.74 Å². The van der Waals surface area contributed by atoms with Crippen LogP contribution in [0.2, 0.25) is 0 Å². The number of halogens is 4. The molecule has 0 bridgehead atoms. The summed E-state index contributed by atoms with van der Waals surface area (Å²) in [4.78, 5) is 11.2. The Balaban J connectivity index is 3.13. The summed E-state index contributed by atoms with van der Waals surface area (Å²) in [5.41, 5.74) is 0.0815.